The highest BCUT2D eigenvalue weighted by Crippen LogP contribution is 2.21. The Hall–Kier alpha value is -2.24. The van der Waals surface area contributed by atoms with Crippen LogP contribution >= 0.6 is 0 Å². The fraction of sp³-hybridized carbons (Fsp3) is 0.100. The van der Waals surface area contributed by atoms with Crippen molar-refractivity contribution in [2.45, 2.75) is 6.42 Å². The highest BCUT2D eigenvalue weighted by atomic mass is 19.1. The van der Waals surface area contributed by atoms with Gasteiger partial charge < -0.3 is 5.73 Å². The number of carbonyl (C=O) groups is 1. The average Bonchev–Trinajstić information content (AvgIpc) is 2.19. The lowest BCUT2D eigenvalue weighted by molar-refractivity contribution is -0.387. The molecule has 0 atom stereocenters. The Morgan fingerprint density at radius 1 is 1.56 bits per heavy atom. The zero-order chi connectivity index (χ0) is 12.1. The van der Waals surface area contributed by atoms with E-state index in [2.05, 4.69) is 0 Å². The van der Waals surface area contributed by atoms with Crippen LogP contribution in [0.1, 0.15) is 12.0 Å². The van der Waals surface area contributed by atoms with Gasteiger partial charge in [-0.1, -0.05) is 24.3 Å². The molecule has 1 aromatic carbocycles. The van der Waals surface area contributed by atoms with Crippen molar-refractivity contribution in [2.24, 2.45) is 5.73 Å². The number of nitrogens with two attached hydrogens (primary N) is 1. The van der Waals surface area contributed by atoms with Gasteiger partial charge in [0.15, 0.2) is 0 Å². The number of primary amides is 1. The minimum Gasteiger partial charge on any atom is -0.369 e. The van der Waals surface area contributed by atoms with Crippen molar-refractivity contribution in [1.29, 1.82) is 0 Å². The first-order chi connectivity index (χ1) is 7.52. The number of halogens is 1. The topological polar surface area (TPSA) is 86.2 Å². The van der Waals surface area contributed by atoms with E-state index in [0.717, 1.165) is 6.07 Å². The van der Waals surface area contributed by atoms with Gasteiger partial charge in [0, 0.05) is 18.1 Å². The van der Waals surface area contributed by atoms with Crippen molar-refractivity contribution in [3.05, 3.63) is 45.8 Å². The molecule has 6 heteroatoms. The van der Waals surface area contributed by atoms with Crippen molar-refractivity contribution in [3.63, 3.8) is 0 Å². The van der Waals surface area contributed by atoms with E-state index < -0.39 is 22.3 Å². The average molecular weight is 224 g/mol. The molecule has 0 bridgehead atoms. The molecule has 0 heterocycles. The predicted octanol–water partition coefficient (Wildman–Crippen LogP) is 1.62. The van der Waals surface area contributed by atoms with E-state index in [1.54, 1.807) is 0 Å². The molecule has 0 fully saturated rings. The number of nitrogens with zero attached hydrogens (tertiary/aromatic N) is 1. The molecule has 0 aromatic heterocycles. The second kappa shape index (κ2) is 5.01. The van der Waals surface area contributed by atoms with Crippen LogP contribution in [0.5, 0.6) is 0 Å². The van der Waals surface area contributed by atoms with Gasteiger partial charge in [0.2, 0.25) is 11.7 Å². The lowest BCUT2D eigenvalue weighted by Gasteiger charge is -1.97. The summed E-state index contributed by atoms with van der Waals surface area (Å²) in [6.45, 7) is 0. The zero-order valence-electron chi connectivity index (χ0n) is 8.22. The second-order valence-corrected chi connectivity index (χ2v) is 3.01. The van der Waals surface area contributed by atoms with Gasteiger partial charge >= 0.3 is 5.69 Å². The lowest BCUT2D eigenvalue weighted by Crippen LogP contribution is -2.07. The van der Waals surface area contributed by atoms with Crippen LogP contribution in [0.3, 0.4) is 0 Å². The van der Waals surface area contributed by atoms with Crippen LogP contribution in [-0.2, 0) is 4.79 Å². The molecule has 0 radical (unpaired) electrons. The summed E-state index contributed by atoms with van der Waals surface area (Å²) in [6.07, 6.45) is 2.60. The first kappa shape index (κ1) is 11.8. The Morgan fingerprint density at radius 3 is 2.81 bits per heavy atom. The van der Waals surface area contributed by atoms with Gasteiger partial charge in [-0.2, -0.15) is 4.39 Å². The van der Waals surface area contributed by atoms with Crippen LogP contribution in [0.2, 0.25) is 0 Å². The maximum atomic E-state index is 13.4. The smallest absolute Gasteiger partial charge is 0.305 e. The number of amides is 1. The highest BCUT2D eigenvalue weighted by molar-refractivity contribution is 5.76. The Kier molecular flexibility index (Phi) is 3.71. The van der Waals surface area contributed by atoms with Crippen LogP contribution in [0, 0.1) is 15.9 Å². The van der Waals surface area contributed by atoms with E-state index >= 15 is 0 Å². The number of rotatable bonds is 4. The van der Waals surface area contributed by atoms with Gasteiger partial charge in [-0.15, -0.1) is 0 Å². The first-order valence-corrected chi connectivity index (χ1v) is 4.40. The van der Waals surface area contributed by atoms with Crippen LogP contribution in [0.15, 0.2) is 24.3 Å². The molecule has 84 valence electrons. The Balaban J connectivity index is 2.97. The van der Waals surface area contributed by atoms with Gasteiger partial charge in [-0.25, -0.2) is 0 Å². The fourth-order valence-electron chi connectivity index (χ4n) is 1.11. The molecule has 0 aliphatic rings. The van der Waals surface area contributed by atoms with E-state index in [4.69, 9.17) is 5.73 Å². The van der Waals surface area contributed by atoms with Crippen molar-refractivity contribution in [1.82, 2.24) is 0 Å². The Morgan fingerprint density at radius 2 is 2.25 bits per heavy atom. The molecule has 0 unspecified atom stereocenters. The van der Waals surface area contributed by atoms with Gasteiger partial charge in [-0.05, 0) is 0 Å². The summed E-state index contributed by atoms with van der Waals surface area (Å²) in [7, 11) is 0. The van der Waals surface area contributed by atoms with Crippen molar-refractivity contribution < 1.29 is 14.1 Å². The standard InChI is InChI=1S/C10H9FN2O3/c11-10-7(4-2-6-9(12)14)3-1-5-8(10)13(15)16/h1-5H,6H2,(H2,12,14). The minimum absolute atomic E-state index is 0.0396. The van der Waals surface area contributed by atoms with E-state index in [0.29, 0.717) is 0 Å². The number of benzene rings is 1. The monoisotopic (exact) mass is 224 g/mol. The largest absolute Gasteiger partial charge is 0.369 e. The van der Waals surface area contributed by atoms with Gasteiger partial charge in [0.25, 0.3) is 0 Å². The van der Waals surface area contributed by atoms with E-state index in [-0.39, 0.29) is 12.0 Å². The van der Waals surface area contributed by atoms with Gasteiger partial charge in [0.05, 0.1) is 4.92 Å². The van der Waals surface area contributed by atoms with Crippen molar-refractivity contribution >= 4 is 17.7 Å². The molecule has 0 spiro atoms. The number of nitro benzene ring substituents is 1. The predicted molar refractivity (Wildman–Crippen MR) is 55.9 cm³/mol. The van der Waals surface area contributed by atoms with E-state index in [9.17, 15) is 19.3 Å². The summed E-state index contributed by atoms with van der Waals surface area (Å²) in [6, 6.07) is 3.81. The van der Waals surface area contributed by atoms with Gasteiger partial charge in [0.1, 0.15) is 0 Å². The molecule has 1 rings (SSSR count). The number of nitro groups is 1. The third kappa shape index (κ3) is 2.88. The molecule has 1 amide bonds. The quantitative estimate of drug-likeness (QED) is 0.622. The molecule has 0 aliphatic heterocycles. The van der Waals surface area contributed by atoms with Gasteiger partial charge in [-0.3, -0.25) is 14.9 Å². The molecule has 0 aliphatic carbocycles. The summed E-state index contributed by atoms with van der Waals surface area (Å²) in [5.41, 5.74) is 4.34. The highest BCUT2D eigenvalue weighted by Gasteiger charge is 2.15. The van der Waals surface area contributed by atoms with Crippen LogP contribution in [-0.4, -0.2) is 10.8 Å². The van der Waals surface area contributed by atoms with Crippen LogP contribution in [0.4, 0.5) is 10.1 Å². The molecular formula is C10H9FN2O3. The molecule has 16 heavy (non-hydrogen) atoms. The summed E-state index contributed by atoms with van der Waals surface area (Å²) in [4.78, 5) is 20.0. The first-order valence-electron chi connectivity index (χ1n) is 4.40. The second-order valence-electron chi connectivity index (χ2n) is 3.01. The van der Waals surface area contributed by atoms with Crippen molar-refractivity contribution in [3.8, 4) is 0 Å². The maximum Gasteiger partial charge on any atom is 0.305 e. The lowest BCUT2D eigenvalue weighted by atomic mass is 10.1. The molecule has 2 N–H and O–H groups in total. The molecule has 0 saturated heterocycles. The molecule has 1 aromatic rings. The number of hydrogen-bond acceptors (Lipinski definition) is 3. The SMILES string of the molecule is NC(=O)CC=Cc1cccc([N+](=O)[O-])c1F. The third-order valence-electron chi connectivity index (χ3n) is 1.82. The number of carbonyl (C=O) groups excluding carboxylic acids is 1. The summed E-state index contributed by atoms with van der Waals surface area (Å²) < 4.78 is 13.4. The minimum atomic E-state index is -0.923. The normalized spacial score (nSPS) is 10.6. The molecule has 5 nitrogen and oxygen atoms in total. The Labute approximate surface area is 90.5 Å². The van der Waals surface area contributed by atoms with E-state index in [1.807, 2.05) is 0 Å². The van der Waals surface area contributed by atoms with Crippen molar-refractivity contribution in [2.75, 3.05) is 0 Å². The van der Waals surface area contributed by atoms with Crippen LogP contribution < -0.4 is 5.73 Å². The summed E-state index contributed by atoms with van der Waals surface area (Å²) in [5, 5.41) is 10.4. The third-order valence-corrected chi connectivity index (χ3v) is 1.82. The summed E-state index contributed by atoms with van der Waals surface area (Å²) >= 11 is 0. The fourth-order valence-corrected chi connectivity index (χ4v) is 1.11. The van der Waals surface area contributed by atoms with Crippen LogP contribution in [0.25, 0.3) is 6.08 Å². The Bertz CT molecular complexity index is 457. The maximum absolute atomic E-state index is 13.4. The molecule has 0 saturated carbocycles. The van der Waals surface area contributed by atoms with E-state index in [1.165, 1.54) is 24.3 Å². The number of hydrogen-bond donors (Lipinski definition) is 1. The zero-order valence-corrected chi connectivity index (χ0v) is 8.22. The summed E-state index contributed by atoms with van der Waals surface area (Å²) in [5.74, 6) is -1.48. The molecular weight excluding hydrogens is 215 g/mol.